The van der Waals surface area contributed by atoms with Gasteiger partial charge in [0.2, 0.25) is 0 Å². The molecule has 1 aliphatic rings. The van der Waals surface area contributed by atoms with Gasteiger partial charge < -0.3 is 19.5 Å². The Morgan fingerprint density at radius 1 is 1.00 bits per heavy atom. The van der Waals surface area contributed by atoms with Crippen molar-refractivity contribution in [3.63, 3.8) is 0 Å². The molecule has 4 rings (SSSR count). The summed E-state index contributed by atoms with van der Waals surface area (Å²) in [5, 5.41) is 3.45. The molecule has 1 aromatic carbocycles. The zero-order valence-corrected chi connectivity index (χ0v) is 17.0. The second-order valence-corrected chi connectivity index (χ2v) is 7.31. The van der Waals surface area contributed by atoms with Gasteiger partial charge in [0, 0.05) is 37.9 Å². The number of para-hydroxylation sites is 1. The monoisotopic (exact) mass is 391 g/mol. The van der Waals surface area contributed by atoms with Gasteiger partial charge in [0.15, 0.2) is 5.76 Å². The van der Waals surface area contributed by atoms with Crippen LogP contribution in [0.5, 0.6) is 0 Å². The molecule has 1 amide bonds. The van der Waals surface area contributed by atoms with Gasteiger partial charge in [-0.15, -0.1) is 0 Å². The molecule has 0 saturated carbocycles. The predicted molar refractivity (Wildman–Crippen MR) is 113 cm³/mol. The topological polar surface area (TPSA) is 74.5 Å². The number of benzene rings is 1. The van der Waals surface area contributed by atoms with E-state index in [0.29, 0.717) is 37.8 Å². The van der Waals surface area contributed by atoms with E-state index < -0.39 is 0 Å². The van der Waals surface area contributed by atoms with Crippen LogP contribution in [0.4, 0.5) is 17.3 Å². The van der Waals surface area contributed by atoms with E-state index in [9.17, 15) is 4.79 Å². The first-order chi connectivity index (χ1) is 14.0. The van der Waals surface area contributed by atoms with Gasteiger partial charge in [-0.2, -0.15) is 0 Å². The van der Waals surface area contributed by atoms with E-state index in [0.717, 1.165) is 17.3 Å². The van der Waals surface area contributed by atoms with Crippen molar-refractivity contribution in [3.8, 4) is 0 Å². The van der Waals surface area contributed by atoms with Gasteiger partial charge in [-0.3, -0.25) is 4.79 Å². The van der Waals surface area contributed by atoms with Crippen LogP contribution in [0.2, 0.25) is 0 Å². The van der Waals surface area contributed by atoms with Crippen LogP contribution in [0.1, 0.15) is 27.5 Å². The summed E-state index contributed by atoms with van der Waals surface area (Å²) >= 11 is 0. The quantitative estimate of drug-likeness (QED) is 0.731. The number of aromatic nitrogens is 2. The summed E-state index contributed by atoms with van der Waals surface area (Å²) in [5.74, 6) is 2.68. The summed E-state index contributed by atoms with van der Waals surface area (Å²) in [6.07, 6.45) is 1.53. The minimum Gasteiger partial charge on any atom is -0.459 e. The second kappa shape index (κ2) is 7.95. The third-order valence-corrected chi connectivity index (χ3v) is 5.18. The van der Waals surface area contributed by atoms with Crippen molar-refractivity contribution < 1.29 is 9.21 Å². The van der Waals surface area contributed by atoms with Crippen LogP contribution >= 0.6 is 0 Å². The molecule has 2 aromatic heterocycles. The summed E-state index contributed by atoms with van der Waals surface area (Å²) in [5.41, 5.74) is 3.42. The Kier molecular flexibility index (Phi) is 5.20. The number of hydrogen-bond acceptors (Lipinski definition) is 6. The van der Waals surface area contributed by atoms with E-state index in [-0.39, 0.29) is 5.91 Å². The molecule has 1 saturated heterocycles. The fourth-order valence-corrected chi connectivity index (χ4v) is 3.61. The van der Waals surface area contributed by atoms with Crippen molar-refractivity contribution in [2.45, 2.75) is 20.8 Å². The standard InChI is InChI=1S/C22H25N5O2/c1-15-6-4-7-16(2)21(15)25-19-14-20(24-17(3)23-19)26-9-11-27(12-10-26)22(28)18-8-5-13-29-18/h4-8,13-14H,9-12H2,1-3H3,(H,23,24,25). The molecule has 29 heavy (non-hydrogen) atoms. The van der Waals surface area contributed by atoms with Crippen molar-refractivity contribution in [1.29, 1.82) is 0 Å². The van der Waals surface area contributed by atoms with Gasteiger partial charge in [-0.1, -0.05) is 18.2 Å². The minimum absolute atomic E-state index is 0.0640. The molecule has 0 atom stereocenters. The van der Waals surface area contributed by atoms with E-state index >= 15 is 0 Å². The summed E-state index contributed by atoms with van der Waals surface area (Å²) in [6.45, 7) is 8.75. The van der Waals surface area contributed by atoms with Crippen LogP contribution in [-0.4, -0.2) is 47.0 Å². The first kappa shape index (κ1) is 19.0. The number of piperazine rings is 1. The fraction of sp³-hybridized carbons (Fsp3) is 0.318. The molecule has 0 aliphatic carbocycles. The Bertz CT molecular complexity index is 988. The Labute approximate surface area is 170 Å². The Morgan fingerprint density at radius 3 is 2.38 bits per heavy atom. The van der Waals surface area contributed by atoms with Crippen molar-refractivity contribution in [2.24, 2.45) is 0 Å². The van der Waals surface area contributed by atoms with E-state index in [4.69, 9.17) is 4.42 Å². The fourth-order valence-electron chi connectivity index (χ4n) is 3.61. The lowest BCUT2D eigenvalue weighted by molar-refractivity contribution is 0.0714. The molecule has 0 spiro atoms. The predicted octanol–water partition coefficient (Wildman–Crippen LogP) is 3.70. The highest BCUT2D eigenvalue weighted by Crippen LogP contribution is 2.25. The number of amides is 1. The van der Waals surface area contributed by atoms with Crippen molar-refractivity contribution >= 4 is 23.2 Å². The zero-order valence-electron chi connectivity index (χ0n) is 17.0. The molecule has 7 heteroatoms. The van der Waals surface area contributed by atoms with E-state index in [1.54, 1.807) is 12.1 Å². The third kappa shape index (κ3) is 4.08. The summed E-state index contributed by atoms with van der Waals surface area (Å²) < 4.78 is 5.23. The van der Waals surface area contributed by atoms with Gasteiger partial charge in [-0.25, -0.2) is 9.97 Å². The van der Waals surface area contributed by atoms with Crippen LogP contribution in [-0.2, 0) is 0 Å². The molecule has 7 nitrogen and oxygen atoms in total. The lowest BCUT2D eigenvalue weighted by atomic mass is 10.1. The van der Waals surface area contributed by atoms with Gasteiger partial charge in [-0.05, 0) is 44.0 Å². The molecule has 1 fully saturated rings. The molecule has 0 unspecified atom stereocenters. The molecule has 1 N–H and O–H groups in total. The van der Waals surface area contributed by atoms with Gasteiger partial charge >= 0.3 is 0 Å². The molecule has 1 aliphatic heterocycles. The van der Waals surface area contributed by atoms with Crippen LogP contribution in [0.15, 0.2) is 47.1 Å². The number of aryl methyl sites for hydroxylation is 3. The van der Waals surface area contributed by atoms with Crippen molar-refractivity contribution in [2.75, 3.05) is 36.4 Å². The SMILES string of the molecule is Cc1nc(Nc2c(C)cccc2C)cc(N2CCN(C(=O)c3ccco3)CC2)n1. The van der Waals surface area contributed by atoms with Crippen LogP contribution in [0.25, 0.3) is 0 Å². The third-order valence-electron chi connectivity index (χ3n) is 5.18. The summed E-state index contributed by atoms with van der Waals surface area (Å²) in [4.78, 5) is 25.6. The second-order valence-electron chi connectivity index (χ2n) is 7.31. The van der Waals surface area contributed by atoms with E-state index in [1.165, 1.54) is 17.4 Å². The van der Waals surface area contributed by atoms with Gasteiger partial charge in [0.1, 0.15) is 17.5 Å². The number of nitrogens with one attached hydrogen (secondary N) is 1. The lowest BCUT2D eigenvalue weighted by Gasteiger charge is -2.35. The highest BCUT2D eigenvalue weighted by molar-refractivity contribution is 5.91. The average Bonchev–Trinajstić information content (AvgIpc) is 3.25. The number of rotatable bonds is 4. The number of furan rings is 1. The highest BCUT2D eigenvalue weighted by Gasteiger charge is 2.24. The normalized spacial score (nSPS) is 14.2. The van der Waals surface area contributed by atoms with Crippen LogP contribution < -0.4 is 10.2 Å². The van der Waals surface area contributed by atoms with Crippen LogP contribution in [0.3, 0.4) is 0 Å². The van der Waals surface area contributed by atoms with Crippen molar-refractivity contribution in [1.82, 2.24) is 14.9 Å². The van der Waals surface area contributed by atoms with Crippen molar-refractivity contribution in [3.05, 3.63) is 65.4 Å². The first-order valence-electron chi connectivity index (χ1n) is 9.78. The maximum Gasteiger partial charge on any atom is 0.289 e. The zero-order chi connectivity index (χ0) is 20.4. The first-order valence-corrected chi connectivity index (χ1v) is 9.78. The maximum atomic E-state index is 12.5. The number of hydrogen-bond donors (Lipinski definition) is 1. The maximum absolute atomic E-state index is 12.5. The van der Waals surface area contributed by atoms with Gasteiger partial charge in [0.25, 0.3) is 5.91 Å². The smallest absolute Gasteiger partial charge is 0.289 e. The number of carbonyl (C=O) groups excluding carboxylic acids is 1. The molecule has 3 aromatic rings. The largest absolute Gasteiger partial charge is 0.459 e. The van der Waals surface area contributed by atoms with E-state index in [1.807, 2.05) is 17.9 Å². The summed E-state index contributed by atoms with van der Waals surface area (Å²) in [7, 11) is 0. The summed E-state index contributed by atoms with van der Waals surface area (Å²) in [6, 6.07) is 11.6. The minimum atomic E-state index is -0.0640. The van der Waals surface area contributed by atoms with E-state index in [2.05, 4.69) is 52.2 Å². The lowest BCUT2D eigenvalue weighted by Crippen LogP contribution is -2.49. The number of anilines is 3. The molecule has 0 bridgehead atoms. The molecule has 150 valence electrons. The van der Waals surface area contributed by atoms with Gasteiger partial charge in [0.05, 0.1) is 6.26 Å². The molecule has 0 radical (unpaired) electrons. The highest BCUT2D eigenvalue weighted by atomic mass is 16.3. The number of carbonyl (C=O) groups is 1. The van der Waals surface area contributed by atoms with Crippen LogP contribution in [0, 0.1) is 20.8 Å². The Hall–Kier alpha value is -3.35. The molecular weight excluding hydrogens is 366 g/mol. The average molecular weight is 391 g/mol. The number of nitrogens with zero attached hydrogens (tertiary/aromatic N) is 4. The Balaban J connectivity index is 1.48. The Morgan fingerprint density at radius 2 is 1.72 bits per heavy atom. The molecule has 3 heterocycles. The molecular formula is C22H25N5O2.